The summed E-state index contributed by atoms with van der Waals surface area (Å²) in [6.45, 7) is 2.05. The number of aryl methyl sites for hydroxylation is 1. The molecule has 0 atom stereocenters. The van der Waals surface area contributed by atoms with Crippen LogP contribution in [0.5, 0.6) is 0 Å². The first-order valence-electron chi connectivity index (χ1n) is 4.42. The molecule has 0 bridgehead atoms. The van der Waals surface area contributed by atoms with Crippen molar-refractivity contribution in [2.45, 2.75) is 6.92 Å². The van der Waals surface area contributed by atoms with Crippen LogP contribution in [-0.4, -0.2) is 10.2 Å². The Kier molecular flexibility index (Phi) is 2.14. The first kappa shape index (κ1) is 8.69. The van der Waals surface area contributed by atoms with Gasteiger partial charge in [-0.3, -0.25) is 0 Å². The van der Waals surface area contributed by atoms with E-state index in [4.69, 9.17) is 5.73 Å². The zero-order valence-electron chi connectivity index (χ0n) is 7.94. The minimum Gasteiger partial charge on any atom is -0.382 e. The number of aromatic nitrogens is 2. The molecule has 14 heavy (non-hydrogen) atoms. The summed E-state index contributed by atoms with van der Waals surface area (Å²) in [5, 5.41) is 7.55. The van der Waals surface area contributed by atoms with Gasteiger partial charge in [-0.15, -0.1) is 5.10 Å². The molecule has 0 aliphatic heterocycles. The maximum absolute atomic E-state index is 5.75. The fraction of sp³-hybridized carbons (Fsp3) is 0.0909. The molecule has 0 aliphatic carbocycles. The Bertz CT molecular complexity index is 408. The van der Waals surface area contributed by atoms with Gasteiger partial charge in [0.25, 0.3) is 0 Å². The molecule has 0 saturated heterocycles. The van der Waals surface area contributed by atoms with Crippen LogP contribution in [0, 0.1) is 6.92 Å². The number of anilines is 1. The molecule has 0 unspecified atom stereocenters. The zero-order valence-corrected chi connectivity index (χ0v) is 7.94. The zero-order chi connectivity index (χ0) is 9.97. The summed E-state index contributed by atoms with van der Waals surface area (Å²) in [4.78, 5) is 0. The third-order valence-corrected chi connectivity index (χ3v) is 2.18. The molecule has 2 N–H and O–H groups in total. The van der Waals surface area contributed by atoms with Crippen LogP contribution < -0.4 is 5.73 Å². The monoisotopic (exact) mass is 185 g/mol. The van der Waals surface area contributed by atoms with Crippen molar-refractivity contribution in [3.8, 4) is 11.1 Å². The van der Waals surface area contributed by atoms with Crippen molar-refractivity contribution in [2.24, 2.45) is 0 Å². The van der Waals surface area contributed by atoms with Crippen LogP contribution in [0.15, 0.2) is 36.5 Å². The lowest BCUT2D eigenvalue weighted by molar-refractivity contribution is 1.04. The summed E-state index contributed by atoms with van der Waals surface area (Å²) in [6.07, 6.45) is 1.65. The first-order chi connectivity index (χ1) is 6.79. The maximum Gasteiger partial charge on any atom is 0.153 e. The van der Waals surface area contributed by atoms with Crippen LogP contribution in [0.1, 0.15) is 5.56 Å². The van der Waals surface area contributed by atoms with Gasteiger partial charge in [0.15, 0.2) is 5.82 Å². The van der Waals surface area contributed by atoms with Crippen molar-refractivity contribution in [3.63, 3.8) is 0 Å². The number of nitrogens with zero attached hydrogens (tertiary/aromatic N) is 2. The molecule has 0 fully saturated rings. The molecule has 2 rings (SSSR count). The van der Waals surface area contributed by atoms with Crippen LogP contribution in [0.25, 0.3) is 11.1 Å². The Hall–Kier alpha value is -1.90. The highest BCUT2D eigenvalue weighted by molar-refractivity contribution is 5.75. The van der Waals surface area contributed by atoms with Crippen molar-refractivity contribution in [2.75, 3.05) is 5.73 Å². The van der Waals surface area contributed by atoms with Crippen LogP contribution in [0.2, 0.25) is 0 Å². The Labute approximate surface area is 82.6 Å². The third-order valence-electron chi connectivity index (χ3n) is 2.18. The Morgan fingerprint density at radius 1 is 1.07 bits per heavy atom. The second-order valence-corrected chi connectivity index (χ2v) is 3.15. The van der Waals surface area contributed by atoms with Crippen molar-refractivity contribution in [1.29, 1.82) is 0 Å². The molecule has 3 nitrogen and oxygen atoms in total. The lowest BCUT2D eigenvalue weighted by Crippen LogP contribution is -1.96. The van der Waals surface area contributed by atoms with Crippen LogP contribution in [0.3, 0.4) is 0 Å². The fourth-order valence-electron chi connectivity index (χ4n) is 1.45. The predicted molar refractivity (Wildman–Crippen MR) is 56.6 cm³/mol. The molecule has 0 aliphatic rings. The molecule has 0 radical (unpaired) electrons. The van der Waals surface area contributed by atoms with Gasteiger partial charge in [-0.2, -0.15) is 5.10 Å². The molecule has 1 aromatic heterocycles. The standard InChI is InChI=1S/C11H11N3/c1-8-4-2-3-5-9(8)10-6-7-13-14-11(10)12/h2-7H,1H3,(H2,12,14). The molecule has 0 amide bonds. The average molecular weight is 185 g/mol. The van der Waals surface area contributed by atoms with E-state index in [1.165, 1.54) is 5.56 Å². The van der Waals surface area contributed by atoms with Crippen molar-refractivity contribution < 1.29 is 0 Å². The van der Waals surface area contributed by atoms with E-state index in [1.54, 1.807) is 6.20 Å². The molecule has 2 aromatic rings. The quantitative estimate of drug-likeness (QED) is 0.739. The summed E-state index contributed by atoms with van der Waals surface area (Å²) >= 11 is 0. The lowest BCUT2D eigenvalue weighted by atomic mass is 10.0. The van der Waals surface area contributed by atoms with Gasteiger partial charge >= 0.3 is 0 Å². The van der Waals surface area contributed by atoms with E-state index in [0.717, 1.165) is 11.1 Å². The predicted octanol–water partition coefficient (Wildman–Crippen LogP) is 2.03. The number of nitrogen functional groups attached to an aromatic ring is 1. The van der Waals surface area contributed by atoms with Gasteiger partial charge in [0, 0.05) is 5.56 Å². The van der Waals surface area contributed by atoms with E-state index in [1.807, 2.05) is 24.3 Å². The van der Waals surface area contributed by atoms with Crippen molar-refractivity contribution in [1.82, 2.24) is 10.2 Å². The van der Waals surface area contributed by atoms with E-state index in [9.17, 15) is 0 Å². The Balaban J connectivity index is 2.61. The smallest absolute Gasteiger partial charge is 0.153 e. The molecule has 3 heteroatoms. The summed E-state index contributed by atoms with van der Waals surface area (Å²) in [5.41, 5.74) is 8.99. The number of hydrogen-bond acceptors (Lipinski definition) is 3. The van der Waals surface area contributed by atoms with Gasteiger partial charge in [0.1, 0.15) is 0 Å². The Morgan fingerprint density at radius 3 is 2.57 bits per heavy atom. The minimum absolute atomic E-state index is 0.474. The highest BCUT2D eigenvalue weighted by Crippen LogP contribution is 2.25. The third kappa shape index (κ3) is 1.44. The van der Waals surface area contributed by atoms with E-state index in [2.05, 4.69) is 23.2 Å². The van der Waals surface area contributed by atoms with E-state index in [0.29, 0.717) is 5.82 Å². The summed E-state index contributed by atoms with van der Waals surface area (Å²) in [6, 6.07) is 9.95. The molecular weight excluding hydrogens is 174 g/mol. The number of nitrogens with two attached hydrogens (primary N) is 1. The normalized spacial score (nSPS) is 10.1. The van der Waals surface area contributed by atoms with E-state index in [-0.39, 0.29) is 0 Å². The van der Waals surface area contributed by atoms with Crippen LogP contribution in [-0.2, 0) is 0 Å². The average Bonchev–Trinajstić information content (AvgIpc) is 2.20. The van der Waals surface area contributed by atoms with Gasteiger partial charge in [-0.1, -0.05) is 24.3 Å². The van der Waals surface area contributed by atoms with E-state index < -0.39 is 0 Å². The molecule has 1 aromatic carbocycles. The molecular formula is C11H11N3. The molecule has 0 saturated carbocycles. The fourth-order valence-corrected chi connectivity index (χ4v) is 1.45. The van der Waals surface area contributed by atoms with E-state index >= 15 is 0 Å². The number of benzene rings is 1. The van der Waals surface area contributed by atoms with Crippen LogP contribution in [0.4, 0.5) is 5.82 Å². The van der Waals surface area contributed by atoms with Gasteiger partial charge in [-0.05, 0) is 24.1 Å². The molecule has 0 spiro atoms. The SMILES string of the molecule is Cc1ccccc1-c1ccnnc1N. The second-order valence-electron chi connectivity index (χ2n) is 3.15. The summed E-state index contributed by atoms with van der Waals surface area (Å²) in [7, 11) is 0. The summed E-state index contributed by atoms with van der Waals surface area (Å²) in [5.74, 6) is 0.474. The highest BCUT2D eigenvalue weighted by atomic mass is 15.1. The van der Waals surface area contributed by atoms with Gasteiger partial charge < -0.3 is 5.73 Å². The molecule has 1 heterocycles. The lowest BCUT2D eigenvalue weighted by Gasteiger charge is -2.06. The van der Waals surface area contributed by atoms with Gasteiger partial charge in [0.2, 0.25) is 0 Å². The topological polar surface area (TPSA) is 51.8 Å². The minimum atomic E-state index is 0.474. The number of hydrogen-bond donors (Lipinski definition) is 1. The summed E-state index contributed by atoms with van der Waals surface area (Å²) < 4.78 is 0. The maximum atomic E-state index is 5.75. The van der Waals surface area contributed by atoms with Crippen LogP contribution >= 0.6 is 0 Å². The van der Waals surface area contributed by atoms with Crippen molar-refractivity contribution >= 4 is 5.82 Å². The second kappa shape index (κ2) is 3.46. The number of rotatable bonds is 1. The largest absolute Gasteiger partial charge is 0.382 e. The van der Waals surface area contributed by atoms with Gasteiger partial charge in [-0.25, -0.2) is 0 Å². The molecule has 70 valence electrons. The highest BCUT2D eigenvalue weighted by Gasteiger charge is 2.04. The Morgan fingerprint density at radius 2 is 1.86 bits per heavy atom. The first-order valence-corrected chi connectivity index (χ1v) is 4.42. The van der Waals surface area contributed by atoms with Crippen molar-refractivity contribution in [3.05, 3.63) is 42.1 Å². The van der Waals surface area contributed by atoms with Gasteiger partial charge in [0.05, 0.1) is 6.20 Å².